The topological polar surface area (TPSA) is 78.2 Å². The van der Waals surface area contributed by atoms with E-state index < -0.39 is 4.92 Å². The quantitative estimate of drug-likeness (QED) is 0.638. The molecule has 0 aliphatic heterocycles. The number of rotatable bonds is 3. The number of ether oxygens (including phenoxy) is 1. The fraction of sp³-hybridized carbons (Fsp3) is 0. The number of hydrogen-bond acceptors (Lipinski definition) is 6. The smallest absolute Gasteiger partial charge is 0.273 e. The minimum atomic E-state index is -0.551. The Hall–Kier alpha value is -1.44. The van der Waals surface area contributed by atoms with Gasteiger partial charge in [-0.15, -0.1) is 4.37 Å². The summed E-state index contributed by atoms with van der Waals surface area (Å²) < 4.78 is 12.7. The lowest BCUT2D eigenvalue weighted by Crippen LogP contribution is -1.91. The lowest BCUT2D eigenvalue weighted by atomic mass is 10.3. The standard InChI is InChI=1S/C8H3Cl2N3O3S/c9-5-2-1-4(13(14)15)3-6(5)16-8-7(10)11-17-12-8/h1-3H. The van der Waals surface area contributed by atoms with Gasteiger partial charge in [0.15, 0.2) is 5.75 Å². The maximum absolute atomic E-state index is 10.6. The van der Waals surface area contributed by atoms with E-state index in [9.17, 15) is 10.1 Å². The van der Waals surface area contributed by atoms with Gasteiger partial charge in [0.1, 0.15) is 0 Å². The summed E-state index contributed by atoms with van der Waals surface area (Å²) in [6, 6.07) is 3.83. The van der Waals surface area contributed by atoms with E-state index in [-0.39, 0.29) is 27.5 Å². The van der Waals surface area contributed by atoms with E-state index in [0.717, 1.165) is 11.7 Å². The van der Waals surface area contributed by atoms with Gasteiger partial charge in [0.2, 0.25) is 5.15 Å². The van der Waals surface area contributed by atoms with Crippen LogP contribution < -0.4 is 4.74 Å². The molecule has 0 saturated heterocycles. The predicted octanol–water partition coefficient (Wildman–Crippen LogP) is 3.55. The molecule has 2 rings (SSSR count). The average Bonchev–Trinajstić information content (AvgIpc) is 2.67. The first-order chi connectivity index (χ1) is 8.08. The van der Waals surface area contributed by atoms with Crippen molar-refractivity contribution in [3.63, 3.8) is 0 Å². The lowest BCUT2D eigenvalue weighted by molar-refractivity contribution is -0.384. The molecule has 0 aliphatic carbocycles. The van der Waals surface area contributed by atoms with Crippen molar-refractivity contribution in [1.29, 1.82) is 0 Å². The van der Waals surface area contributed by atoms with E-state index in [1.807, 2.05) is 0 Å². The molecule has 0 fully saturated rings. The van der Waals surface area contributed by atoms with Gasteiger partial charge in [0, 0.05) is 6.07 Å². The Morgan fingerprint density at radius 1 is 1.35 bits per heavy atom. The van der Waals surface area contributed by atoms with Crippen LogP contribution in [0.3, 0.4) is 0 Å². The zero-order valence-electron chi connectivity index (χ0n) is 7.96. The SMILES string of the molecule is O=[N+]([O-])c1ccc(Cl)c(Oc2nsnc2Cl)c1. The molecule has 88 valence electrons. The van der Waals surface area contributed by atoms with E-state index in [4.69, 9.17) is 27.9 Å². The zero-order valence-corrected chi connectivity index (χ0v) is 10.3. The molecule has 6 nitrogen and oxygen atoms in total. The monoisotopic (exact) mass is 291 g/mol. The van der Waals surface area contributed by atoms with Gasteiger partial charge >= 0.3 is 0 Å². The molecule has 17 heavy (non-hydrogen) atoms. The molecule has 0 radical (unpaired) electrons. The third-order valence-corrected chi connectivity index (χ3v) is 2.92. The summed E-state index contributed by atoms with van der Waals surface area (Å²) in [7, 11) is 0. The minimum absolute atomic E-state index is 0.0686. The van der Waals surface area contributed by atoms with Crippen LogP contribution >= 0.6 is 34.9 Å². The van der Waals surface area contributed by atoms with Crippen LogP contribution in [0.5, 0.6) is 11.6 Å². The van der Waals surface area contributed by atoms with Crippen molar-refractivity contribution in [2.75, 3.05) is 0 Å². The second kappa shape index (κ2) is 4.82. The predicted molar refractivity (Wildman–Crippen MR) is 63.1 cm³/mol. The molecule has 0 unspecified atom stereocenters. The van der Waals surface area contributed by atoms with E-state index in [0.29, 0.717) is 0 Å². The Morgan fingerprint density at radius 3 is 2.71 bits per heavy atom. The van der Waals surface area contributed by atoms with Crippen LogP contribution in [0.15, 0.2) is 18.2 Å². The first-order valence-corrected chi connectivity index (χ1v) is 5.66. The number of nitro benzene ring substituents is 1. The summed E-state index contributed by atoms with van der Waals surface area (Å²) >= 11 is 12.4. The van der Waals surface area contributed by atoms with E-state index in [1.54, 1.807) is 0 Å². The van der Waals surface area contributed by atoms with Crippen molar-refractivity contribution in [2.45, 2.75) is 0 Å². The molecular weight excluding hydrogens is 289 g/mol. The van der Waals surface area contributed by atoms with Crippen LogP contribution in [0.2, 0.25) is 10.2 Å². The Morgan fingerprint density at radius 2 is 2.12 bits per heavy atom. The molecule has 0 amide bonds. The number of aromatic nitrogens is 2. The van der Waals surface area contributed by atoms with Gasteiger partial charge < -0.3 is 4.74 Å². The van der Waals surface area contributed by atoms with Crippen molar-refractivity contribution >= 4 is 40.6 Å². The summed E-state index contributed by atoms with van der Waals surface area (Å²) in [5.74, 6) is 0.175. The van der Waals surface area contributed by atoms with Crippen molar-refractivity contribution in [2.24, 2.45) is 0 Å². The fourth-order valence-corrected chi connectivity index (χ4v) is 1.79. The van der Waals surface area contributed by atoms with Gasteiger partial charge in [0.25, 0.3) is 11.6 Å². The highest BCUT2D eigenvalue weighted by molar-refractivity contribution is 6.99. The molecule has 0 spiro atoms. The third kappa shape index (κ3) is 2.63. The van der Waals surface area contributed by atoms with Crippen molar-refractivity contribution in [3.05, 3.63) is 38.5 Å². The lowest BCUT2D eigenvalue weighted by Gasteiger charge is -2.03. The molecule has 0 saturated carbocycles. The maximum Gasteiger partial charge on any atom is 0.273 e. The molecule has 2 aromatic rings. The van der Waals surface area contributed by atoms with Crippen LogP contribution in [-0.2, 0) is 0 Å². The van der Waals surface area contributed by atoms with Crippen molar-refractivity contribution in [3.8, 4) is 11.6 Å². The molecule has 0 N–H and O–H groups in total. The summed E-state index contributed by atoms with van der Waals surface area (Å²) in [6.07, 6.45) is 0. The van der Waals surface area contributed by atoms with Gasteiger partial charge in [-0.1, -0.05) is 23.2 Å². The van der Waals surface area contributed by atoms with Gasteiger partial charge in [-0.25, -0.2) is 0 Å². The van der Waals surface area contributed by atoms with Crippen LogP contribution in [0.25, 0.3) is 0 Å². The molecule has 0 bridgehead atoms. The number of hydrogen-bond donors (Lipinski definition) is 0. The third-order valence-electron chi connectivity index (χ3n) is 1.75. The highest BCUT2D eigenvalue weighted by Gasteiger charge is 2.14. The summed E-state index contributed by atoms with van der Waals surface area (Å²) in [6.45, 7) is 0. The summed E-state index contributed by atoms with van der Waals surface area (Å²) in [5.41, 5.74) is -0.135. The normalized spacial score (nSPS) is 10.2. The Bertz CT molecular complexity index is 575. The number of benzene rings is 1. The average molecular weight is 292 g/mol. The molecular formula is C8H3Cl2N3O3S. The first-order valence-electron chi connectivity index (χ1n) is 4.18. The number of nitrogens with zero attached hydrogens (tertiary/aromatic N) is 3. The largest absolute Gasteiger partial charge is 0.434 e. The minimum Gasteiger partial charge on any atom is -0.434 e. The van der Waals surface area contributed by atoms with Crippen LogP contribution in [0, 0.1) is 10.1 Å². The van der Waals surface area contributed by atoms with Crippen molar-refractivity contribution in [1.82, 2.24) is 8.75 Å². The van der Waals surface area contributed by atoms with E-state index >= 15 is 0 Å². The number of non-ortho nitro benzene ring substituents is 1. The summed E-state index contributed by atoms with van der Waals surface area (Å²) in [5, 5.41) is 10.9. The van der Waals surface area contributed by atoms with E-state index in [1.165, 1.54) is 18.2 Å². The van der Waals surface area contributed by atoms with Crippen LogP contribution in [0.4, 0.5) is 5.69 Å². The zero-order chi connectivity index (χ0) is 12.4. The molecule has 1 aromatic heterocycles. The second-order valence-electron chi connectivity index (χ2n) is 2.83. The maximum atomic E-state index is 10.6. The molecule has 0 aliphatic rings. The Kier molecular flexibility index (Phi) is 3.41. The molecule has 0 atom stereocenters. The number of halogens is 2. The van der Waals surface area contributed by atoms with Gasteiger partial charge in [-0.2, -0.15) is 4.37 Å². The number of nitro groups is 1. The van der Waals surface area contributed by atoms with Gasteiger partial charge in [0.05, 0.1) is 27.7 Å². The highest BCUT2D eigenvalue weighted by Crippen LogP contribution is 2.34. The molecule has 9 heteroatoms. The Balaban J connectivity index is 2.35. The first kappa shape index (κ1) is 12.0. The fourth-order valence-electron chi connectivity index (χ4n) is 1.02. The van der Waals surface area contributed by atoms with Crippen LogP contribution in [-0.4, -0.2) is 13.7 Å². The second-order valence-corrected chi connectivity index (χ2v) is 4.13. The molecule has 1 heterocycles. The van der Waals surface area contributed by atoms with Gasteiger partial charge in [-0.05, 0) is 6.07 Å². The van der Waals surface area contributed by atoms with Crippen molar-refractivity contribution < 1.29 is 9.66 Å². The van der Waals surface area contributed by atoms with E-state index in [2.05, 4.69) is 8.75 Å². The Labute approximate surface area is 109 Å². The highest BCUT2D eigenvalue weighted by atomic mass is 35.5. The van der Waals surface area contributed by atoms with Crippen LogP contribution in [0.1, 0.15) is 0 Å². The summed E-state index contributed by atoms with van der Waals surface area (Å²) in [4.78, 5) is 10.0. The van der Waals surface area contributed by atoms with Gasteiger partial charge in [-0.3, -0.25) is 10.1 Å². The molecule has 1 aromatic carbocycles.